The van der Waals surface area contributed by atoms with Crippen LogP contribution >= 0.6 is 23.2 Å². The summed E-state index contributed by atoms with van der Waals surface area (Å²) in [6.07, 6.45) is 3.19. The summed E-state index contributed by atoms with van der Waals surface area (Å²) in [4.78, 5) is 14.0. The maximum Gasteiger partial charge on any atom is 0.246 e. The Bertz CT molecular complexity index is 692. The van der Waals surface area contributed by atoms with Crippen molar-refractivity contribution in [2.24, 2.45) is 0 Å². The molecule has 2 rings (SSSR count). The normalized spacial score (nSPS) is 11.1. The average Bonchev–Trinajstić information content (AvgIpc) is 2.91. The van der Waals surface area contributed by atoms with Crippen molar-refractivity contribution in [2.75, 3.05) is 6.54 Å². The monoisotopic (exact) mass is 337 g/mol. The molecule has 1 aromatic heterocycles. The van der Waals surface area contributed by atoms with Crippen LogP contribution < -0.4 is 0 Å². The van der Waals surface area contributed by atoms with E-state index in [1.807, 2.05) is 32.0 Å². The number of aryl methyl sites for hydroxylation is 1. The highest BCUT2D eigenvalue weighted by atomic mass is 35.5. The minimum absolute atomic E-state index is 0.0809. The standard InChI is InChI=1S/C17H17Cl2NO2/c1-3-20(11-13-5-8-15(18)16(19)10-13)17(21)9-7-14-6-4-12(2)22-14/h4-10H,3,11H2,1-2H3. The molecule has 0 spiro atoms. The molecule has 5 heteroatoms. The van der Waals surface area contributed by atoms with E-state index < -0.39 is 0 Å². The van der Waals surface area contributed by atoms with E-state index in [0.717, 1.165) is 11.3 Å². The first-order valence-electron chi connectivity index (χ1n) is 6.97. The maximum absolute atomic E-state index is 12.2. The van der Waals surface area contributed by atoms with Crippen molar-refractivity contribution in [3.8, 4) is 0 Å². The summed E-state index contributed by atoms with van der Waals surface area (Å²) in [5.74, 6) is 1.40. The summed E-state index contributed by atoms with van der Waals surface area (Å²) in [5, 5.41) is 0.997. The zero-order valence-electron chi connectivity index (χ0n) is 12.5. The van der Waals surface area contributed by atoms with Gasteiger partial charge in [0, 0.05) is 19.2 Å². The predicted molar refractivity (Wildman–Crippen MR) is 90.0 cm³/mol. The molecule has 0 radical (unpaired) electrons. The van der Waals surface area contributed by atoms with Crippen LogP contribution in [0.1, 0.15) is 24.0 Å². The van der Waals surface area contributed by atoms with Gasteiger partial charge in [0.05, 0.1) is 10.0 Å². The van der Waals surface area contributed by atoms with Crippen LogP contribution in [-0.4, -0.2) is 17.4 Å². The molecular formula is C17H17Cl2NO2. The number of carbonyl (C=O) groups excluding carboxylic acids is 1. The van der Waals surface area contributed by atoms with E-state index in [0.29, 0.717) is 28.9 Å². The Hall–Kier alpha value is -1.71. The van der Waals surface area contributed by atoms with Gasteiger partial charge in [-0.2, -0.15) is 0 Å². The second-order valence-electron chi connectivity index (χ2n) is 4.88. The zero-order chi connectivity index (χ0) is 16.1. The summed E-state index contributed by atoms with van der Waals surface area (Å²) in [5.41, 5.74) is 0.937. The van der Waals surface area contributed by atoms with Crippen molar-refractivity contribution in [2.45, 2.75) is 20.4 Å². The Morgan fingerprint density at radius 3 is 2.59 bits per heavy atom. The van der Waals surface area contributed by atoms with Gasteiger partial charge >= 0.3 is 0 Å². The molecule has 0 aliphatic heterocycles. The highest BCUT2D eigenvalue weighted by Crippen LogP contribution is 2.23. The van der Waals surface area contributed by atoms with E-state index >= 15 is 0 Å². The van der Waals surface area contributed by atoms with Gasteiger partial charge < -0.3 is 9.32 Å². The minimum Gasteiger partial charge on any atom is -0.462 e. The Morgan fingerprint density at radius 1 is 1.23 bits per heavy atom. The second-order valence-corrected chi connectivity index (χ2v) is 5.70. The largest absolute Gasteiger partial charge is 0.462 e. The lowest BCUT2D eigenvalue weighted by Gasteiger charge is -2.19. The topological polar surface area (TPSA) is 33.5 Å². The van der Waals surface area contributed by atoms with Gasteiger partial charge in [-0.15, -0.1) is 0 Å². The lowest BCUT2D eigenvalue weighted by molar-refractivity contribution is -0.126. The summed E-state index contributed by atoms with van der Waals surface area (Å²) in [7, 11) is 0. The second kappa shape index (κ2) is 7.52. The summed E-state index contributed by atoms with van der Waals surface area (Å²) in [6.45, 7) is 4.87. The van der Waals surface area contributed by atoms with E-state index in [1.165, 1.54) is 6.08 Å². The number of halogens is 2. The number of rotatable bonds is 5. The van der Waals surface area contributed by atoms with Crippen LogP contribution in [0, 0.1) is 6.92 Å². The van der Waals surface area contributed by atoms with Crippen LogP contribution in [0.15, 0.2) is 40.8 Å². The van der Waals surface area contributed by atoms with E-state index in [2.05, 4.69) is 0 Å². The van der Waals surface area contributed by atoms with Crippen LogP contribution in [0.4, 0.5) is 0 Å². The Morgan fingerprint density at radius 2 is 2.00 bits per heavy atom. The molecule has 0 atom stereocenters. The number of nitrogens with zero attached hydrogens (tertiary/aromatic N) is 1. The zero-order valence-corrected chi connectivity index (χ0v) is 14.0. The molecule has 0 unspecified atom stereocenters. The van der Waals surface area contributed by atoms with E-state index in [1.54, 1.807) is 23.1 Å². The third-order valence-electron chi connectivity index (χ3n) is 3.20. The van der Waals surface area contributed by atoms with E-state index in [4.69, 9.17) is 27.6 Å². The Kier molecular flexibility index (Phi) is 5.69. The third-order valence-corrected chi connectivity index (χ3v) is 3.94. The molecule has 0 bridgehead atoms. The van der Waals surface area contributed by atoms with Crippen molar-refractivity contribution in [1.29, 1.82) is 0 Å². The molecule has 3 nitrogen and oxygen atoms in total. The lowest BCUT2D eigenvalue weighted by atomic mass is 10.2. The average molecular weight is 338 g/mol. The van der Waals surface area contributed by atoms with E-state index in [9.17, 15) is 4.79 Å². The van der Waals surface area contributed by atoms with Crippen molar-refractivity contribution >= 4 is 35.2 Å². The van der Waals surface area contributed by atoms with Gasteiger partial charge in [-0.25, -0.2) is 0 Å². The van der Waals surface area contributed by atoms with Gasteiger partial charge in [0.1, 0.15) is 11.5 Å². The van der Waals surface area contributed by atoms with Gasteiger partial charge in [-0.1, -0.05) is 29.3 Å². The molecule has 116 valence electrons. The highest BCUT2D eigenvalue weighted by Gasteiger charge is 2.10. The van der Waals surface area contributed by atoms with Gasteiger partial charge in [0.15, 0.2) is 0 Å². The molecule has 0 saturated carbocycles. The summed E-state index contributed by atoms with van der Waals surface area (Å²) >= 11 is 11.9. The van der Waals surface area contributed by atoms with Gasteiger partial charge in [-0.05, 0) is 49.8 Å². The Labute approximate surface area is 140 Å². The fraction of sp³-hybridized carbons (Fsp3) is 0.235. The fourth-order valence-corrected chi connectivity index (χ4v) is 2.33. The molecular weight excluding hydrogens is 321 g/mol. The maximum atomic E-state index is 12.2. The molecule has 1 amide bonds. The molecule has 22 heavy (non-hydrogen) atoms. The van der Waals surface area contributed by atoms with Gasteiger partial charge in [-0.3, -0.25) is 4.79 Å². The number of benzene rings is 1. The predicted octanol–water partition coefficient (Wildman–Crippen LogP) is 4.96. The number of amides is 1. The first kappa shape index (κ1) is 16.7. The third kappa shape index (κ3) is 4.39. The molecule has 0 saturated heterocycles. The summed E-state index contributed by atoms with van der Waals surface area (Å²) in [6, 6.07) is 9.06. The van der Waals surface area contributed by atoms with Crippen LogP contribution in [0.3, 0.4) is 0 Å². The molecule has 0 N–H and O–H groups in total. The molecule has 2 aromatic rings. The van der Waals surface area contributed by atoms with Crippen LogP contribution in [0.25, 0.3) is 6.08 Å². The Balaban J connectivity index is 2.05. The van der Waals surface area contributed by atoms with Gasteiger partial charge in [0.2, 0.25) is 5.91 Å². The smallest absolute Gasteiger partial charge is 0.246 e. The van der Waals surface area contributed by atoms with Crippen molar-refractivity contribution in [1.82, 2.24) is 4.90 Å². The van der Waals surface area contributed by atoms with Crippen molar-refractivity contribution < 1.29 is 9.21 Å². The number of likely N-dealkylation sites (N-methyl/N-ethyl adjacent to an activating group) is 1. The van der Waals surface area contributed by atoms with Crippen LogP contribution in [0.5, 0.6) is 0 Å². The lowest BCUT2D eigenvalue weighted by Crippen LogP contribution is -2.28. The highest BCUT2D eigenvalue weighted by molar-refractivity contribution is 6.42. The molecule has 0 aliphatic rings. The van der Waals surface area contributed by atoms with E-state index in [-0.39, 0.29) is 5.91 Å². The van der Waals surface area contributed by atoms with Crippen molar-refractivity contribution in [3.05, 3.63) is 63.5 Å². The SMILES string of the molecule is CCN(Cc1ccc(Cl)c(Cl)c1)C(=O)C=Cc1ccc(C)o1. The van der Waals surface area contributed by atoms with Gasteiger partial charge in [0.25, 0.3) is 0 Å². The minimum atomic E-state index is -0.0809. The fourth-order valence-electron chi connectivity index (χ4n) is 2.01. The first-order valence-corrected chi connectivity index (χ1v) is 7.72. The quantitative estimate of drug-likeness (QED) is 0.722. The molecule has 0 aliphatic carbocycles. The van der Waals surface area contributed by atoms with Crippen molar-refractivity contribution in [3.63, 3.8) is 0 Å². The number of furan rings is 1. The first-order chi connectivity index (χ1) is 10.5. The van der Waals surface area contributed by atoms with Crippen LogP contribution in [-0.2, 0) is 11.3 Å². The summed E-state index contributed by atoms with van der Waals surface area (Å²) < 4.78 is 5.40. The van der Waals surface area contributed by atoms with Crippen LogP contribution in [0.2, 0.25) is 10.0 Å². The number of hydrogen-bond acceptors (Lipinski definition) is 2. The molecule has 1 heterocycles. The number of carbonyl (C=O) groups is 1. The molecule has 1 aromatic carbocycles. The molecule has 0 fully saturated rings. The number of hydrogen-bond donors (Lipinski definition) is 0.